The first-order valence-electron chi connectivity index (χ1n) is 12.4. The maximum absolute atomic E-state index is 13.1. The maximum atomic E-state index is 13.1. The Balaban J connectivity index is 1.46. The van der Waals surface area contributed by atoms with Crippen LogP contribution in [0.15, 0.2) is 48.5 Å². The fourth-order valence-corrected chi connectivity index (χ4v) is 5.36. The van der Waals surface area contributed by atoms with Crippen molar-refractivity contribution in [1.82, 2.24) is 21.1 Å². The molecule has 8 heteroatoms. The molecule has 4 rings (SSSR count). The van der Waals surface area contributed by atoms with Gasteiger partial charge in [-0.1, -0.05) is 36.4 Å². The Bertz CT molecular complexity index is 986. The lowest BCUT2D eigenvalue weighted by molar-refractivity contribution is -0.136. The molecule has 35 heavy (non-hydrogen) atoms. The summed E-state index contributed by atoms with van der Waals surface area (Å²) >= 11 is 0. The number of carbonyl (C=O) groups is 1. The number of hydrogen-bond donors (Lipinski definition) is 4. The summed E-state index contributed by atoms with van der Waals surface area (Å²) in [7, 11) is 3.23. The highest BCUT2D eigenvalue weighted by molar-refractivity contribution is 5.84. The quantitative estimate of drug-likeness (QED) is 0.413. The topological polar surface area (TPSA) is 95.1 Å². The highest BCUT2D eigenvalue weighted by Crippen LogP contribution is 2.30. The summed E-state index contributed by atoms with van der Waals surface area (Å²) in [6.07, 6.45) is 2.44. The first-order chi connectivity index (χ1) is 16.9. The second-order valence-electron chi connectivity index (χ2n) is 9.62. The van der Waals surface area contributed by atoms with Gasteiger partial charge in [0.25, 0.3) is 0 Å². The molecule has 4 unspecified atom stereocenters. The molecule has 4 N–H and O–H groups in total. The predicted octanol–water partition coefficient (Wildman–Crippen LogP) is 2.22. The summed E-state index contributed by atoms with van der Waals surface area (Å²) in [6, 6.07) is 15.8. The van der Waals surface area contributed by atoms with Crippen molar-refractivity contribution in [2.45, 2.75) is 70.0 Å². The molecule has 8 nitrogen and oxygen atoms in total. The lowest BCUT2D eigenvalue weighted by Gasteiger charge is -2.41. The van der Waals surface area contributed by atoms with E-state index in [9.17, 15) is 9.90 Å². The normalized spacial score (nSPS) is 26.0. The van der Waals surface area contributed by atoms with E-state index in [-0.39, 0.29) is 36.2 Å². The largest absolute Gasteiger partial charge is 0.493 e. The molecule has 2 saturated heterocycles. The lowest BCUT2D eigenvalue weighted by atomic mass is 9.92. The third kappa shape index (κ3) is 5.78. The number of aliphatic hydroxyl groups excluding tert-OH is 1. The molecule has 2 aliphatic heterocycles. The van der Waals surface area contributed by atoms with Crippen molar-refractivity contribution in [3.05, 3.63) is 59.7 Å². The van der Waals surface area contributed by atoms with Gasteiger partial charge in [0.15, 0.2) is 11.5 Å². The van der Waals surface area contributed by atoms with Crippen LogP contribution in [0.4, 0.5) is 0 Å². The van der Waals surface area contributed by atoms with Gasteiger partial charge in [-0.15, -0.1) is 0 Å². The van der Waals surface area contributed by atoms with Crippen LogP contribution in [0.5, 0.6) is 11.5 Å². The SMILES string of the molecule is COc1ccc(CC2NC(=O)C3C(C)NC([C@@H](CCCc4ccccc4)[C@@H](C)O)N3N2)cc1OC. The second-order valence-corrected chi connectivity index (χ2v) is 9.62. The van der Waals surface area contributed by atoms with E-state index >= 15 is 0 Å². The second kappa shape index (κ2) is 11.4. The van der Waals surface area contributed by atoms with Gasteiger partial charge >= 0.3 is 0 Å². The standard InChI is InChI=1S/C27H38N4O4/c1-17-25-27(33)29-24(16-20-13-14-22(34-3)23(15-20)35-4)30-31(25)26(28-17)21(18(2)32)12-8-11-19-9-6-5-7-10-19/h5-7,9-10,13-15,17-18,21,24-26,28,30,32H,8,11-12,16H2,1-4H3,(H,29,33)/t17?,18-,21+,24?,25?,26?/m1/s1. The Labute approximate surface area is 208 Å². The number of aliphatic hydroxyl groups is 1. The van der Waals surface area contributed by atoms with Crippen molar-refractivity contribution >= 4 is 5.91 Å². The molecule has 1 amide bonds. The minimum absolute atomic E-state index is 0.00893. The van der Waals surface area contributed by atoms with Crippen molar-refractivity contribution in [3.63, 3.8) is 0 Å². The summed E-state index contributed by atoms with van der Waals surface area (Å²) in [4.78, 5) is 13.1. The molecular formula is C27H38N4O4. The Hall–Kier alpha value is -2.65. The van der Waals surface area contributed by atoms with Crippen molar-refractivity contribution < 1.29 is 19.4 Å². The number of rotatable bonds is 10. The molecule has 6 atom stereocenters. The molecular weight excluding hydrogens is 444 g/mol. The van der Waals surface area contributed by atoms with E-state index in [1.54, 1.807) is 14.2 Å². The number of hydrazine groups is 1. The van der Waals surface area contributed by atoms with Crippen LogP contribution in [0, 0.1) is 5.92 Å². The third-order valence-corrected chi connectivity index (χ3v) is 7.16. The zero-order valence-corrected chi connectivity index (χ0v) is 21.0. The zero-order chi connectivity index (χ0) is 24.9. The number of nitrogens with zero attached hydrogens (tertiary/aromatic N) is 1. The highest BCUT2D eigenvalue weighted by atomic mass is 16.5. The third-order valence-electron chi connectivity index (χ3n) is 7.16. The van der Waals surface area contributed by atoms with E-state index < -0.39 is 6.10 Å². The fourth-order valence-electron chi connectivity index (χ4n) is 5.36. The number of carbonyl (C=O) groups excluding carboxylic acids is 1. The molecule has 0 saturated carbocycles. The monoisotopic (exact) mass is 482 g/mol. The van der Waals surface area contributed by atoms with Crippen molar-refractivity contribution in [3.8, 4) is 11.5 Å². The van der Waals surface area contributed by atoms with E-state index in [4.69, 9.17) is 9.47 Å². The van der Waals surface area contributed by atoms with Crippen LogP contribution in [-0.4, -0.2) is 60.8 Å². The average molecular weight is 483 g/mol. The van der Waals surface area contributed by atoms with Crippen LogP contribution >= 0.6 is 0 Å². The molecule has 2 aromatic carbocycles. The van der Waals surface area contributed by atoms with Crippen molar-refractivity contribution in [1.29, 1.82) is 0 Å². The number of hydrogen-bond acceptors (Lipinski definition) is 7. The summed E-state index contributed by atoms with van der Waals surface area (Å²) in [5, 5.41) is 19.4. The Morgan fingerprint density at radius 3 is 2.49 bits per heavy atom. The molecule has 2 aliphatic rings. The van der Waals surface area contributed by atoms with Crippen LogP contribution in [-0.2, 0) is 17.6 Å². The Kier molecular flexibility index (Phi) is 8.28. The predicted molar refractivity (Wildman–Crippen MR) is 135 cm³/mol. The highest BCUT2D eigenvalue weighted by Gasteiger charge is 2.49. The molecule has 2 heterocycles. The van der Waals surface area contributed by atoms with Crippen LogP contribution in [0.3, 0.4) is 0 Å². The molecule has 0 spiro atoms. The average Bonchev–Trinajstić information content (AvgIpc) is 3.18. The number of amides is 1. The Morgan fingerprint density at radius 1 is 1.06 bits per heavy atom. The minimum atomic E-state index is -0.509. The molecule has 0 aromatic heterocycles. The minimum Gasteiger partial charge on any atom is -0.493 e. The van der Waals surface area contributed by atoms with Crippen LogP contribution in [0.1, 0.15) is 37.8 Å². The van der Waals surface area contributed by atoms with Gasteiger partial charge in [0.05, 0.1) is 32.7 Å². The van der Waals surface area contributed by atoms with Crippen molar-refractivity contribution in [2.75, 3.05) is 14.2 Å². The number of benzene rings is 2. The van der Waals surface area contributed by atoms with Gasteiger partial charge < -0.3 is 19.9 Å². The van der Waals surface area contributed by atoms with Crippen LogP contribution in [0.25, 0.3) is 0 Å². The van der Waals surface area contributed by atoms with E-state index in [2.05, 4.69) is 40.3 Å². The number of methoxy groups -OCH3 is 2. The molecule has 0 bridgehead atoms. The Morgan fingerprint density at radius 2 is 1.80 bits per heavy atom. The van der Waals surface area contributed by atoms with Gasteiger partial charge in [-0.05, 0) is 56.4 Å². The fraction of sp³-hybridized carbons (Fsp3) is 0.519. The van der Waals surface area contributed by atoms with Gasteiger partial charge in [-0.2, -0.15) is 0 Å². The summed E-state index contributed by atoms with van der Waals surface area (Å²) in [5.41, 5.74) is 5.86. The van der Waals surface area contributed by atoms with Crippen LogP contribution < -0.4 is 25.5 Å². The number of fused-ring (bicyclic) bond motifs is 1. The summed E-state index contributed by atoms with van der Waals surface area (Å²) < 4.78 is 10.8. The van der Waals surface area contributed by atoms with Gasteiger partial charge in [-0.3, -0.25) is 10.1 Å². The zero-order valence-electron chi connectivity index (χ0n) is 21.0. The lowest BCUT2D eigenvalue weighted by Crippen LogP contribution is -2.69. The van der Waals surface area contributed by atoms with Gasteiger partial charge in [0.2, 0.25) is 5.91 Å². The van der Waals surface area contributed by atoms with E-state index in [1.165, 1.54) is 5.56 Å². The number of ether oxygens (including phenoxy) is 2. The molecule has 0 radical (unpaired) electrons. The van der Waals surface area contributed by atoms with Crippen LogP contribution in [0.2, 0.25) is 0 Å². The van der Waals surface area contributed by atoms with E-state index in [1.807, 2.05) is 43.1 Å². The van der Waals surface area contributed by atoms with Gasteiger partial charge in [0.1, 0.15) is 6.04 Å². The molecule has 2 fully saturated rings. The first kappa shape index (κ1) is 25.4. The summed E-state index contributed by atoms with van der Waals surface area (Å²) in [5.74, 6) is 1.30. The maximum Gasteiger partial charge on any atom is 0.241 e. The first-order valence-corrected chi connectivity index (χ1v) is 12.4. The number of nitrogens with one attached hydrogen (secondary N) is 3. The molecule has 2 aromatic rings. The van der Waals surface area contributed by atoms with Gasteiger partial charge in [0, 0.05) is 18.4 Å². The van der Waals surface area contributed by atoms with Gasteiger partial charge in [-0.25, -0.2) is 10.4 Å². The number of aryl methyl sites for hydroxylation is 1. The molecule has 0 aliphatic carbocycles. The van der Waals surface area contributed by atoms with E-state index in [0.717, 1.165) is 24.8 Å². The van der Waals surface area contributed by atoms with E-state index in [0.29, 0.717) is 17.9 Å². The van der Waals surface area contributed by atoms with Crippen molar-refractivity contribution in [2.24, 2.45) is 5.92 Å². The smallest absolute Gasteiger partial charge is 0.241 e. The molecule has 190 valence electrons. The summed E-state index contributed by atoms with van der Waals surface area (Å²) in [6.45, 7) is 3.87.